The predicted molar refractivity (Wildman–Crippen MR) is 71.2 cm³/mol. The molecule has 1 aliphatic rings. The van der Waals surface area contributed by atoms with Gasteiger partial charge in [0.25, 0.3) is 0 Å². The number of likely N-dealkylation sites (tertiary alicyclic amines) is 1. The lowest BCUT2D eigenvalue weighted by molar-refractivity contribution is -0.138. The number of amides is 2. The molecule has 0 saturated carbocycles. The molecule has 1 fully saturated rings. The number of nitrogens with zero attached hydrogens (tertiary/aromatic N) is 2. The van der Waals surface area contributed by atoms with E-state index in [0.29, 0.717) is 19.6 Å². The Bertz CT molecular complexity index is 284. The minimum atomic E-state index is 0.0904. The SMILES string of the molecule is CCCNCC(=O)N1CCC(C(=O)N(C)C)CC1. The number of hydrogen-bond donors (Lipinski definition) is 1. The zero-order valence-electron chi connectivity index (χ0n) is 11.7. The highest BCUT2D eigenvalue weighted by Crippen LogP contribution is 2.18. The van der Waals surface area contributed by atoms with Crippen LogP contribution in [0.2, 0.25) is 0 Å². The third-order valence-corrected chi connectivity index (χ3v) is 3.34. The van der Waals surface area contributed by atoms with Gasteiger partial charge in [-0.3, -0.25) is 9.59 Å². The molecule has 5 nitrogen and oxygen atoms in total. The summed E-state index contributed by atoms with van der Waals surface area (Å²) in [6.45, 7) is 4.78. The van der Waals surface area contributed by atoms with Crippen LogP contribution in [0.15, 0.2) is 0 Å². The highest BCUT2D eigenvalue weighted by molar-refractivity contribution is 5.80. The fraction of sp³-hybridized carbons (Fsp3) is 0.846. The molecule has 1 aliphatic heterocycles. The van der Waals surface area contributed by atoms with E-state index in [1.165, 1.54) is 0 Å². The summed E-state index contributed by atoms with van der Waals surface area (Å²) in [4.78, 5) is 27.2. The zero-order valence-corrected chi connectivity index (χ0v) is 11.7. The lowest BCUT2D eigenvalue weighted by atomic mass is 9.95. The summed E-state index contributed by atoms with van der Waals surface area (Å²) in [5.41, 5.74) is 0. The lowest BCUT2D eigenvalue weighted by Crippen LogP contribution is -2.45. The fourth-order valence-corrected chi connectivity index (χ4v) is 2.22. The molecule has 18 heavy (non-hydrogen) atoms. The van der Waals surface area contributed by atoms with E-state index >= 15 is 0 Å². The number of carbonyl (C=O) groups is 2. The Hall–Kier alpha value is -1.10. The molecule has 0 aromatic rings. The Kier molecular flexibility index (Phi) is 6.12. The smallest absolute Gasteiger partial charge is 0.236 e. The highest BCUT2D eigenvalue weighted by atomic mass is 16.2. The molecule has 5 heteroatoms. The molecule has 2 amide bonds. The Morgan fingerprint density at radius 3 is 2.39 bits per heavy atom. The molecular weight excluding hydrogens is 230 g/mol. The van der Waals surface area contributed by atoms with Crippen LogP contribution in [0.5, 0.6) is 0 Å². The first kappa shape index (κ1) is 15.0. The van der Waals surface area contributed by atoms with Gasteiger partial charge in [-0.05, 0) is 25.8 Å². The second-order valence-electron chi connectivity index (χ2n) is 5.06. The molecule has 0 spiro atoms. The van der Waals surface area contributed by atoms with Crippen LogP contribution in [0.3, 0.4) is 0 Å². The summed E-state index contributed by atoms with van der Waals surface area (Å²) in [5.74, 6) is 0.429. The molecule has 1 N–H and O–H groups in total. The maximum absolute atomic E-state index is 11.9. The summed E-state index contributed by atoms with van der Waals surface area (Å²) in [6, 6.07) is 0. The van der Waals surface area contributed by atoms with Crippen molar-refractivity contribution in [3.63, 3.8) is 0 Å². The minimum Gasteiger partial charge on any atom is -0.349 e. The Balaban J connectivity index is 2.30. The molecule has 0 radical (unpaired) electrons. The molecule has 1 heterocycles. The number of carbonyl (C=O) groups excluding carboxylic acids is 2. The first-order valence-corrected chi connectivity index (χ1v) is 6.76. The third-order valence-electron chi connectivity index (χ3n) is 3.34. The van der Waals surface area contributed by atoms with Crippen molar-refractivity contribution in [1.29, 1.82) is 0 Å². The molecule has 0 aromatic carbocycles. The van der Waals surface area contributed by atoms with Crippen molar-refractivity contribution in [2.24, 2.45) is 5.92 Å². The number of nitrogens with one attached hydrogen (secondary N) is 1. The van der Waals surface area contributed by atoms with Gasteiger partial charge in [-0.2, -0.15) is 0 Å². The second-order valence-corrected chi connectivity index (χ2v) is 5.06. The van der Waals surface area contributed by atoms with Gasteiger partial charge in [-0.1, -0.05) is 6.92 Å². The Labute approximate surface area is 110 Å². The van der Waals surface area contributed by atoms with E-state index in [-0.39, 0.29) is 17.7 Å². The standard InChI is InChI=1S/C13H25N3O2/c1-4-7-14-10-12(17)16-8-5-11(6-9-16)13(18)15(2)3/h11,14H,4-10H2,1-3H3. The van der Waals surface area contributed by atoms with Crippen molar-refractivity contribution in [3.8, 4) is 0 Å². The third kappa shape index (κ3) is 4.29. The molecule has 0 unspecified atom stereocenters. The van der Waals surface area contributed by atoms with Crippen LogP contribution in [0.25, 0.3) is 0 Å². The highest BCUT2D eigenvalue weighted by Gasteiger charge is 2.27. The topological polar surface area (TPSA) is 52.7 Å². The van der Waals surface area contributed by atoms with Crippen molar-refractivity contribution in [2.45, 2.75) is 26.2 Å². The molecule has 1 saturated heterocycles. The van der Waals surface area contributed by atoms with E-state index in [9.17, 15) is 9.59 Å². The summed E-state index contributed by atoms with van der Waals surface area (Å²) in [7, 11) is 3.57. The molecule has 104 valence electrons. The maximum Gasteiger partial charge on any atom is 0.236 e. The lowest BCUT2D eigenvalue weighted by Gasteiger charge is -2.32. The van der Waals surface area contributed by atoms with Crippen LogP contribution < -0.4 is 5.32 Å². The van der Waals surface area contributed by atoms with Crippen LogP contribution in [0, 0.1) is 5.92 Å². The maximum atomic E-state index is 11.9. The van der Waals surface area contributed by atoms with Crippen molar-refractivity contribution >= 4 is 11.8 Å². The second kappa shape index (κ2) is 7.36. The van der Waals surface area contributed by atoms with Crippen molar-refractivity contribution in [2.75, 3.05) is 40.3 Å². The first-order chi connectivity index (χ1) is 8.56. The van der Waals surface area contributed by atoms with Gasteiger partial charge in [-0.15, -0.1) is 0 Å². The van der Waals surface area contributed by atoms with Crippen molar-refractivity contribution in [3.05, 3.63) is 0 Å². The average molecular weight is 255 g/mol. The summed E-state index contributed by atoms with van der Waals surface area (Å²) >= 11 is 0. The fourth-order valence-electron chi connectivity index (χ4n) is 2.22. The van der Waals surface area contributed by atoms with Gasteiger partial charge in [-0.25, -0.2) is 0 Å². The van der Waals surface area contributed by atoms with Crippen molar-refractivity contribution in [1.82, 2.24) is 15.1 Å². The van der Waals surface area contributed by atoms with Crippen LogP contribution in [-0.4, -0.2) is 61.9 Å². The number of rotatable bonds is 5. The van der Waals surface area contributed by atoms with Gasteiger partial charge in [0.1, 0.15) is 0 Å². The van der Waals surface area contributed by atoms with Crippen LogP contribution in [-0.2, 0) is 9.59 Å². The quantitative estimate of drug-likeness (QED) is 0.720. The largest absolute Gasteiger partial charge is 0.349 e. The van der Waals surface area contributed by atoms with E-state index in [1.54, 1.807) is 19.0 Å². The van der Waals surface area contributed by atoms with E-state index in [0.717, 1.165) is 25.8 Å². The monoisotopic (exact) mass is 255 g/mol. The summed E-state index contributed by atoms with van der Waals surface area (Å²) in [6.07, 6.45) is 2.61. The summed E-state index contributed by atoms with van der Waals surface area (Å²) in [5, 5.41) is 3.12. The van der Waals surface area contributed by atoms with Crippen LogP contribution in [0.4, 0.5) is 0 Å². The molecule has 0 aliphatic carbocycles. The van der Waals surface area contributed by atoms with Gasteiger partial charge in [0.15, 0.2) is 0 Å². The van der Waals surface area contributed by atoms with Crippen molar-refractivity contribution < 1.29 is 9.59 Å². The van der Waals surface area contributed by atoms with Gasteiger partial charge in [0.2, 0.25) is 11.8 Å². The van der Waals surface area contributed by atoms with E-state index in [1.807, 2.05) is 4.90 Å². The molecule has 0 atom stereocenters. The number of piperidine rings is 1. The van der Waals surface area contributed by atoms with Crippen LogP contribution >= 0.6 is 0 Å². The average Bonchev–Trinajstić information content (AvgIpc) is 2.38. The van der Waals surface area contributed by atoms with Gasteiger partial charge >= 0.3 is 0 Å². The Morgan fingerprint density at radius 1 is 1.28 bits per heavy atom. The van der Waals surface area contributed by atoms with Gasteiger partial charge in [0.05, 0.1) is 6.54 Å². The normalized spacial score (nSPS) is 16.7. The van der Waals surface area contributed by atoms with Gasteiger partial charge < -0.3 is 15.1 Å². The van der Waals surface area contributed by atoms with E-state index in [2.05, 4.69) is 12.2 Å². The van der Waals surface area contributed by atoms with E-state index < -0.39 is 0 Å². The van der Waals surface area contributed by atoms with Crippen LogP contribution in [0.1, 0.15) is 26.2 Å². The Morgan fingerprint density at radius 2 is 1.89 bits per heavy atom. The molecular formula is C13H25N3O2. The zero-order chi connectivity index (χ0) is 13.5. The van der Waals surface area contributed by atoms with E-state index in [4.69, 9.17) is 0 Å². The molecule has 0 bridgehead atoms. The van der Waals surface area contributed by atoms with Gasteiger partial charge in [0, 0.05) is 33.1 Å². The molecule has 0 aromatic heterocycles. The predicted octanol–water partition coefficient (Wildman–Crippen LogP) is 0.313. The summed E-state index contributed by atoms with van der Waals surface area (Å²) < 4.78 is 0. The first-order valence-electron chi connectivity index (χ1n) is 6.76. The molecule has 1 rings (SSSR count). The minimum absolute atomic E-state index is 0.0904. The number of hydrogen-bond acceptors (Lipinski definition) is 3.